The van der Waals surface area contributed by atoms with Gasteiger partial charge < -0.3 is 4.74 Å². The number of fused-ring (bicyclic) bond motifs is 1. The monoisotopic (exact) mass is 346 g/mol. The van der Waals surface area contributed by atoms with Crippen LogP contribution >= 0.6 is 11.3 Å². The minimum atomic E-state index is 0.242. The average molecular weight is 346 g/mol. The van der Waals surface area contributed by atoms with Crippen LogP contribution in [-0.4, -0.2) is 26.4 Å². The highest BCUT2D eigenvalue weighted by Gasteiger charge is 2.15. The lowest BCUT2D eigenvalue weighted by atomic mass is 10.1. The number of ether oxygens (including phenoxy) is 1. The fraction of sp³-hybridized carbons (Fsp3) is 0.105. The molecule has 25 heavy (non-hydrogen) atoms. The number of aryl methyl sites for hydroxylation is 1. The molecule has 0 saturated heterocycles. The van der Waals surface area contributed by atoms with Gasteiger partial charge in [-0.2, -0.15) is 9.61 Å². The van der Waals surface area contributed by atoms with Crippen LogP contribution in [0.4, 0.5) is 0 Å². The van der Waals surface area contributed by atoms with Gasteiger partial charge in [-0.1, -0.05) is 53.7 Å². The van der Waals surface area contributed by atoms with Crippen molar-refractivity contribution in [1.82, 2.24) is 19.8 Å². The molecule has 0 N–H and O–H groups in total. The first-order valence-electron chi connectivity index (χ1n) is 7.71. The normalized spacial score (nSPS) is 10.7. The molecule has 0 radical (unpaired) electrons. The molecule has 0 aliphatic rings. The molecule has 0 saturated carbocycles. The second kappa shape index (κ2) is 6.38. The number of aromatic nitrogens is 4. The van der Waals surface area contributed by atoms with Gasteiger partial charge in [-0.15, -0.1) is 16.6 Å². The Kier molecular flexibility index (Phi) is 3.92. The van der Waals surface area contributed by atoms with E-state index in [9.17, 15) is 0 Å². The van der Waals surface area contributed by atoms with Crippen molar-refractivity contribution in [3.8, 4) is 40.1 Å². The van der Waals surface area contributed by atoms with Crippen LogP contribution in [0.3, 0.4) is 0 Å². The van der Waals surface area contributed by atoms with E-state index in [2.05, 4.69) is 29.1 Å². The summed E-state index contributed by atoms with van der Waals surface area (Å²) in [4.78, 5) is 0.753. The highest BCUT2D eigenvalue weighted by Crippen LogP contribution is 2.30. The maximum atomic E-state index is 5.49. The van der Waals surface area contributed by atoms with Gasteiger partial charge >= 0.3 is 0 Å². The molecule has 0 fully saturated rings. The molecule has 0 atom stereocenters. The Morgan fingerprint density at radius 2 is 2.04 bits per heavy atom. The van der Waals surface area contributed by atoms with E-state index in [4.69, 9.17) is 16.3 Å². The summed E-state index contributed by atoms with van der Waals surface area (Å²) >= 11 is 1.49. The maximum Gasteiger partial charge on any atom is 0.235 e. The third kappa shape index (κ3) is 2.86. The molecular weight excluding hydrogens is 332 g/mol. The summed E-state index contributed by atoms with van der Waals surface area (Å²) in [5.41, 5.74) is 3.12. The molecule has 5 nitrogen and oxygen atoms in total. The second-order valence-electron chi connectivity index (χ2n) is 5.46. The standard InChI is InChI=1S/C19H14N4OS/c1-3-11-24-15-9-6-8-14(12-15)18-22-23-17(20-21-19(23)25-18)16-10-5-4-7-13(16)2/h1,4-10,12H,11H2,2H3. The van der Waals surface area contributed by atoms with E-state index in [1.807, 2.05) is 42.5 Å². The summed E-state index contributed by atoms with van der Waals surface area (Å²) in [7, 11) is 0. The first-order valence-corrected chi connectivity index (χ1v) is 8.53. The molecule has 0 amide bonds. The number of benzene rings is 2. The summed E-state index contributed by atoms with van der Waals surface area (Å²) in [5, 5.41) is 14.1. The number of terminal acetylenes is 1. The van der Waals surface area contributed by atoms with E-state index in [1.165, 1.54) is 11.3 Å². The van der Waals surface area contributed by atoms with Crippen molar-refractivity contribution < 1.29 is 4.74 Å². The lowest BCUT2D eigenvalue weighted by Crippen LogP contribution is -1.94. The number of hydrogen-bond acceptors (Lipinski definition) is 5. The van der Waals surface area contributed by atoms with Crippen LogP contribution in [0, 0.1) is 19.3 Å². The molecule has 2 aromatic carbocycles. The van der Waals surface area contributed by atoms with Crippen molar-refractivity contribution >= 4 is 16.3 Å². The van der Waals surface area contributed by atoms with Crippen molar-refractivity contribution in [2.75, 3.05) is 6.61 Å². The lowest BCUT2D eigenvalue weighted by Gasteiger charge is -2.03. The van der Waals surface area contributed by atoms with E-state index in [0.29, 0.717) is 0 Å². The molecule has 0 bridgehead atoms. The summed E-state index contributed by atoms with van der Waals surface area (Å²) in [5.74, 6) is 3.93. The SMILES string of the molecule is C#CCOc1cccc(-c2nn3c(-c4ccccc4C)nnc3s2)c1. The first kappa shape index (κ1) is 15.4. The van der Waals surface area contributed by atoms with Crippen LogP contribution < -0.4 is 4.74 Å². The number of rotatable bonds is 4. The Morgan fingerprint density at radius 1 is 1.16 bits per heavy atom. The quantitative estimate of drug-likeness (QED) is 0.527. The number of hydrogen-bond donors (Lipinski definition) is 0. The summed E-state index contributed by atoms with van der Waals surface area (Å²) < 4.78 is 7.28. The maximum absolute atomic E-state index is 5.49. The Bertz CT molecular complexity index is 1090. The van der Waals surface area contributed by atoms with Gasteiger partial charge in [-0.25, -0.2) is 0 Å². The van der Waals surface area contributed by atoms with Crippen molar-refractivity contribution in [1.29, 1.82) is 0 Å². The van der Waals surface area contributed by atoms with Gasteiger partial charge in [0.05, 0.1) is 0 Å². The predicted octanol–water partition coefficient (Wildman–Crippen LogP) is 3.84. The van der Waals surface area contributed by atoms with Crippen molar-refractivity contribution in [2.45, 2.75) is 6.92 Å². The van der Waals surface area contributed by atoms with E-state index >= 15 is 0 Å². The van der Waals surface area contributed by atoms with Crippen molar-refractivity contribution in [3.05, 3.63) is 54.1 Å². The lowest BCUT2D eigenvalue weighted by molar-refractivity contribution is 0.370. The van der Waals surface area contributed by atoms with E-state index < -0.39 is 0 Å². The fourth-order valence-corrected chi connectivity index (χ4v) is 3.40. The van der Waals surface area contributed by atoms with E-state index in [-0.39, 0.29) is 6.61 Å². The van der Waals surface area contributed by atoms with Crippen LogP contribution in [0.15, 0.2) is 48.5 Å². The van der Waals surface area contributed by atoms with Crippen LogP contribution in [0.5, 0.6) is 5.75 Å². The van der Waals surface area contributed by atoms with Gasteiger partial charge in [0.2, 0.25) is 4.96 Å². The Hall–Kier alpha value is -3.17. The molecule has 0 aliphatic carbocycles. The molecule has 4 aromatic rings. The third-order valence-electron chi connectivity index (χ3n) is 3.78. The van der Waals surface area contributed by atoms with Gasteiger partial charge in [-0.3, -0.25) is 0 Å². The number of nitrogens with zero attached hydrogens (tertiary/aromatic N) is 4. The molecule has 4 rings (SSSR count). The molecule has 122 valence electrons. The zero-order valence-electron chi connectivity index (χ0n) is 13.5. The Balaban J connectivity index is 1.76. The summed E-state index contributed by atoms with van der Waals surface area (Å²) in [6.07, 6.45) is 5.24. The fourth-order valence-electron chi connectivity index (χ4n) is 2.57. The average Bonchev–Trinajstić information content (AvgIpc) is 3.22. The summed E-state index contributed by atoms with van der Waals surface area (Å²) in [6.45, 7) is 2.29. The van der Waals surface area contributed by atoms with Crippen molar-refractivity contribution in [3.63, 3.8) is 0 Å². The predicted molar refractivity (Wildman–Crippen MR) is 98.6 cm³/mol. The van der Waals surface area contributed by atoms with Crippen LogP contribution in [0.1, 0.15) is 5.56 Å². The van der Waals surface area contributed by atoms with Gasteiger partial charge in [0.25, 0.3) is 0 Å². The van der Waals surface area contributed by atoms with E-state index in [0.717, 1.165) is 38.2 Å². The third-order valence-corrected chi connectivity index (χ3v) is 4.73. The smallest absolute Gasteiger partial charge is 0.235 e. The minimum absolute atomic E-state index is 0.242. The largest absolute Gasteiger partial charge is 0.481 e. The zero-order valence-corrected chi connectivity index (χ0v) is 14.3. The molecule has 0 spiro atoms. The highest BCUT2D eigenvalue weighted by molar-refractivity contribution is 7.19. The topological polar surface area (TPSA) is 52.3 Å². The molecule has 0 aliphatic heterocycles. The molecule has 6 heteroatoms. The van der Waals surface area contributed by atoms with Gasteiger partial charge in [-0.05, 0) is 24.6 Å². The Morgan fingerprint density at radius 3 is 2.88 bits per heavy atom. The Labute approximate surface area is 148 Å². The van der Waals surface area contributed by atoms with Gasteiger partial charge in [0, 0.05) is 11.1 Å². The van der Waals surface area contributed by atoms with Gasteiger partial charge in [0.1, 0.15) is 17.4 Å². The van der Waals surface area contributed by atoms with Crippen LogP contribution in [0.2, 0.25) is 0 Å². The summed E-state index contributed by atoms with van der Waals surface area (Å²) in [6, 6.07) is 15.8. The van der Waals surface area contributed by atoms with Gasteiger partial charge in [0.15, 0.2) is 5.82 Å². The van der Waals surface area contributed by atoms with Crippen LogP contribution in [0.25, 0.3) is 26.9 Å². The zero-order chi connectivity index (χ0) is 17.2. The molecular formula is C19H14N4OS. The highest BCUT2D eigenvalue weighted by atomic mass is 32.1. The van der Waals surface area contributed by atoms with Crippen LogP contribution in [-0.2, 0) is 0 Å². The molecule has 0 unspecified atom stereocenters. The molecule has 2 aromatic heterocycles. The molecule has 2 heterocycles. The van der Waals surface area contributed by atoms with E-state index in [1.54, 1.807) is 4.52 Å². The second-order valence-corrected chi connectivity index (χ2v) is 6.42. The van der Waals surface area contributed by atoms with Crippen molar-refractivity contribution in [2.24, 2.45) is 0 Å². The first-order chi connectivity index (χ1) is 12.3. The minimum Gasteiger partial charge on any atom is -0.481 e.